The number of alkyl halides is 3. The highest BCUT2D eigenvalue weighted by Gasteiger charge is 2.45. The zero-order chi connectivity index (χ0) is 27.0. The molecule has 11 nitrogen and oxygen atoms in total. The second kappa shape index (κ2) is 10.3. The summed E-state index contributed by atoms with van der Waals surface area (Å²) in [6.07, 6.45) is -4.52. The third-order valence-corrected chi connectivity index (χ3v) is 8.38. The van der Waals surface area contributed by atoms with Crippen molar-refractivity contribution in [1.82, 2.24) is 19.3 Å². The van der Waals surface area contributed by atoms with Crippen LogP contribution in [0.4, 0.5) is 23.7 Å². The van der Waals surface area contributed by atoms with Crippen LogP contribution in [0.1, 0.15) is 17.0 Å². The first-order chi connectivity index (χ1) is 17.4. The van der Waals surface area contributed by atoms with E-state index in [1.807, 2.05) is 0 Å². The molecule has 0 aliphatic carbocycles. The maximum Gasteiger partial charge on any atom is 0.416 e. The number of hydrogen-bond acceptors (Lipinski definition) is 7. The first-order valence-electron chi connectivity index (χ1n) is 11.4. The Balaban J connectivity index is 1.57. The predicted octanol–water partition coefficient (Wildman–Crippen LogP) is 2.08. The number of halogens is 3. The number of carbonyl (C=O) groups excluding carboxylic acids is 2. The smallest absolute Gasteiger partial charge is 0.378 e. The molecule has 37 heavy (non-hydrogen) atoms. The Morgan fingerprint density at radius 1 is 1.03 bits per heavy atom. The molecular formula is C22H26F3N5O6S. The van der Waals surface area contributed by atoms with Gasteiger partial charge in [-0.3, -0.25) is 4.79 Å². The lowest BCUT2D eigenvalue weighted by Gasteiger charge is -2.41. The summed E-state index contributed by atoms with van der Waals surface area (Å²) in [5, 5.41) is 6.22. The standard InChI is InChI=1S/C22H26F3N5O6S/c1-14-19(15(2)36-27-14)37(33,34)30-8-7-29(13-18(30)20(31)28-9-11-35-12-10-28)21(32)26-17-5-3-16(4-6-17)22(23,24)25/h3-6,18H,7-13H2,1-2H3,(H,26,32). The maximum absolute atomic E-state index is 13.6. The fourth-order valence-corrected chi connectivity index (χ4v) is 6.20. The van der Waals surface area contributed by atoms with Gasteiger partial charge in [-0.1, -0.05) is 5.16 Å². The van der Waals surface area contributed by atoms with Gasteiger partial charge in [-0.25, -0.2) is 13.2 Å². The lowest BCUT2D eigenvalue weighted by Crippen LogP contribution is -2.63. The fraction of sp³-hybridized carbons (Fsp3) is 0.500. The largest absolute Gasteiger partial charge is 0.416 e. The van der Waals surface area contributed by atoms with Crippen LogP contribution >= 0.6 is 0 Å². The number of anilines is 1. The quantitative estimate of drug-likeness (QED) is 0.624. The van der Waals surface area contributed by atoms with Crippen LogP contribution in [-0.2, 0) is 25.7 Å². The van der Waals surface area contributed by atoms with Crippen molar-refractivity contribution in [3.05, 3.63) is 41.3 Å². The number of aryl methyl sites for hydroxylation is 2. The van der Waals surface area contributed by atoms with Gasteiger partial charge in [0.15, 0.2) is 5.76 Å². The molecule has 1 atom stereocenters. The van der Waals surface area contributed by atoms with E-state index in [4.69, 9.17) is 9.26 Å². The molecule has 0 spiro atoms. The van der Waals surface area contributed by atoms with Gasteiger partial charge in [-0.15, -0.1) is 0 Å². The number of sulfonamides is 1. The van der Waals surface area contributed by atoms with Crippen LogP contribution in [0, 0.1) is 13.8 Å². The minimum atomic E-state index is -4.52. The van der Waals surface area contributed by atoms with Crippen LogP contribution < -0.4 is 5.32 Å². The van der Waals surface area contributed by atoms with Crippen LogP contribution in [-0.4, -0.2) is 91.6 Å². The van der Waals surface area contributed by atoms with Crippen molar-refractivity contribution in [2.45, 2.75) is 31.0 Å². The second-order valence-electron chi connectivity index (χ2n) is 8.67. The number of carbonyl (C=O) groups is 2. The molecule has 2 fully saturated rings. The molecule has 1 aromatic heterocycles. The average Bonchev–Trinajstić information content (AvgIpc) is 3.22. The van der Waals surface area contributed by atoms with Crippen LogP contribution in [0.2, 0.25) is 0 Å². The monoisotopic (exact) mass is 545 g/mol. The highest BCUT2D eigenvalue weighted by atomic mass is 32.2. The van der Waals surface area contributed by atoms with Gasteiger partial charge in [0.05, 0.1) is 18.8 Å². The Morgan fingerprint density at radius 3 is 2.24 bits per heavy atom. The number of rotatable bonds is 4. The lowest BCUT2D eigenvalue weighted by molar-refractivity contribution is -0.140. The molecule has 1 N–H and O–H groups in total. The molecule has 0 radical (unpaired) electrons. The molecule has 2 aromatic rings. The lowest BCUT2D eigenvalue weighted by atomic mass is 10.1. The van der Waals surface area contributed by atoms with E-state index in [-0.39, 0.29) is 54.8 Å². The van der Waals surface area contributed by atoms with Crippen LogP contribution in [0.5, 0.6) is 0 Å². The molecule has 2 aliphatic heterocycles. The van der Waals surface area contributed by atoms with E-state index in [1.165, 1.54) is 23.6 Å². The molecule has 2 saturated heterocycles. The number of urea groups is 1. The first kappa shape index (κ1) is 26.9. The Bertz CT molecular complexity index is 1240. The molecular weight excluding hydrogens is 519 g/mol. The van der Waals surface area contributed by atoms with Gasteiger partial charge in [0.2, 0.25) is 15.9 Å². The number of piperazine rings is 1. The molecule has 15 heteroatoms. The first-order valence-corrected chi connectivity index (χ1v) is 12.9. The minimum Gasteiger partial charge on any atom is -0.378 e. The van der Waals surface area contributed by atoms with E-state index in [0.717, 1.165) is 28.6 Å². The van der Waals surface area contributed by atoms with Crippen LogP contribution in [0.15, 0.2) is 33.7 Å². The summed E-state index contributed by atoms with van der Waals surface area (Å²) >= 11 is 0. The number of morpholine rings is 1. The number of nitrogens with zero attached hydrogens (tertiary/aromatic N) is 4. The molecule has 202 valence electrons. The van der Waals surface area contributed by atoms with E-state index < -0.39 is 39.7 Å². The Labute approximate surface area is 211 Å². The summed E-state index contributed by atoms with van der Waals surface area (Å²) in [6, 6.07) is 2.02. The average molecular weight is 546 g/mol. The number of ether oxygens (including phenoxy) is 1. The van der Waals surface area contributed by atoms with Gasteiger partial charge >= 0.3 is 12.2 Å². The van der Waals surface area contributed by atoms with Crippen molar-refractivity contribution in [3.8, 4) is 0 Å². The summed E-state index contributed by atoms with van der Waals surface area (Å²) in [7, 11) is -4.21. The summed E-state index contributed by atoms with van der Waals surface area (Å²) in [4.78, 5) is 29.0. The number of nitrogens with one attached hydrogen (secondary N) is 1. The van der Waals surface area contributed by atoms with Gasteiger partial charge in [0.1, 0.15) is 16.6 Å². The minimum absolute atomic E-state index is 0.0536. The van der Waals surface area contributed by atoms with Crippen molar-refractivity contribution in [3.63, 3.8) is 0 Å². The Morgan fingerprint density at radius 2 is 1.68 bits per heavy atom. The summed E-state index contributed by atoms with van der Waals surface area (Å²) < 4.78 is 77.0. The van der Waals surface area contributed by atoms with Gasteiger partial charge in [0.25, 0.3) is 0 Å². The Kier molecular flexibility index (Phi) is 7.48. The molecule has 1 unspecified atom stereocenters. The van der Waals surface area contributed by atoms with Gasteiger partial charge in [-0.05, 0) is 38.1 Å². The third kappa shape index (κ3) is 5.57. The van der Waals surface area contributed by atoms with Crippen molar-refractivity contribution in [1.29, 1.82) is 0 Å². The van der Waals surface area contributed by atoms with Crippen molar-refractivity contribution in [2.24, 2.45) is 0 Å². The van der Waals surface area contributed by atoms with Gasteiger partial charge in [0, 0.05) is 38.4 Å². The van der Waals surface area contributed by atoms with Gasteiger partial charge < -0.3 is 24.4 Å². The molecule has 0 saturated carbocycles. The molecule has 4 rings (SSSR count). The number of aromatic nitrogens is 1. The van der Waals surface area contributed by atoms with E-state index in [0.29, 0.717) is 13.2 Å². The normalized spacial score (nSPS) is 19.6. The van der Waals surface area contributed by atoms with Crippen molar-refractivity contribution < 1.29 is 40.4 Å². The predicted molar refractivity (Wildman–Crippen MR) is 123 cm³/mol. The molecule has 3 heterocycles. The fourth-order valence-electron chi connectivity index (χ4n) is 4.34. The van der Waals surface area contributed by atoms with E-state index in [9.17, 15) is 31.2 Å². The number of amides is 3. The van der Waals surface area contributed by atoms with Crippen LogP contribution in [0.25, 0.3) is 0 Å². The molecule has 2 aliphatic rings. The molecule has 1 aromatic carbocycles. The number of hydrogen-bond donors (Lipinski definition) is 1. The zero-order valence-electron chi connectivity index (χ0n) is 20.1. The second-order valence-corrected chi connectivity index (χ2v) is 10.5. The SMILES string of the molecule is Cc1noc(C)c1S(=O)(=O)N1CCN(C(=O)Nc2ccc(C(F)(F)F)cc2)CC1C(=O)N1CCOCC1. The molecule has 3 amide bonds. The van der Waals surface area contributed by atoms with Crippen molar-refractivity contribution in [2.75, 3.05) is 51.3 Å². The van der Waals surface area contributed by atoms with E-state index in [2.05, 4.69) is 10.5 Å². The highest BCUT2D eigenvalue weighted by molar-refractivity contribution is 7.89. The van der Waals surface area contributed by atoms with E-state index >= 15 is 0 Å². The third-order valence-electron chi connectivity index (χ3n) is 6.22. The van der Waals surface area contributed by atoms with Gasteiger partial charge in [-0.2, -0.15) is 17.5 Å². The van der Waals surface area contributed by atoms with Crippen LogP contribution in [0.3, 0.4) is 0 Å². The summed E-state index contributed by atoms with van der Waals surface area (Å²) in [5.74, 6) is -0.400. The zero-order valence-corrected chi connectivity index (χ0v) is 20.9. The summed E-state index contributed by atoms with van der Waals surface area (Å²) in [5.41, 5.74) is -0.586. The summed E-state index contributed by atoms with van der Waals surface area (Å²) in [6.45, 7) is 3.58. The number of benzene rings is 1. The Hall–Kier alpha value is -3.17. The highest BCUT2D eigenvalue weighted by Crippen LogP contribution is 2.30. The van der Waals surface area contributed by atoms with Crippen molar-refractivity contribution >= 4 is 27.6 Å². The topological polar surface area (TPSA) is 125 Å². The van der Waals surface area contributed by atoms with E-state index in [1.54, 1.807) is 0 Å². The molecule has 0 bridgehead atoms. The maximum atomic E-state index is 13.6.